The van der Waals surface area contributed by atoms with Gasteiger partial charge in [0.2, 0.25) is 0 Å². The highest BCUT2D eigenvalue weighted by Gasteiger charge is 2.47. The second-order valence-electron chi connectivity index (χ2n) is 3.83. The summed E-state index contributed by atoms with van der Waals surface area (Å²) in [7, 11) is 0. The lowest BCUT2D eigenvalue weighted by atomic mass is 9.95. The number of aliphatic hydroxyl groups is 2. The van der Waals surface area contributed by atoms with Crippen LogP contribution >= 0.6 is 0 Å². The molecule has 2 atom stereocenters. The summed E-state index contributed by atoms with van der Waals surface area (Å²) in [5, 5.41) is 19.6. The van der Waals surface area contributed by atoms with Gasteiger partial charge in [0.1, 0.15) is 11.9 Å². The number of aliphatic hydroxyl groups excluding tert-OH is 2. The molecule has 0 saturated carbocycles. The van der Waals surface area contributed by atoms with Crippen molar-refractivity contribution in [3.8, 4) is 0 Å². The SMILES string of the molecule is C/C=C/C=C/[C@H](O)[C@]1(C)OC(=O)C(C)=C1O. The maximum atomic E-state index is 11.2. The molecular weight excluding hydrogens is 208 g/mol. The van der Waals surface area contributed by atoms with Crippen LogP contribution in [0.25, 0.3) is 0 Å². The van der Waals surface area contributed by atoms with Crippen molar-refractivity contribution in [3.05, 3.63) is 35.6 Å². The molecule has 0 fully saturated rings. The van der Waals surface area contributed by atoms with Crippen molar-refractivity contribution >= 4 is 5.97 Å². The minimum Gasteiger partial charge on any atom is -0.507 e. The first kappa shape index (κ1) is 12.5. The molecule has 0 aliphatic carbocycles. The number of hydrogen-bond acceptors (Lipinski definition) is 4. The summed E-state index contributed by atoms with van der Waals surface area (Å²) in [6, 6.07) is 0. The van der Waals surface area contributed by atoms with Crippen LogP contribution in [-0.2, 0) is 9.53 Å². The molecule has 0 spiro atoms. The van der Waals surface area contributed by atoms with Gasteiger partial charge >= 0.3 is 5.97 Å². The van der Waals surface area contributed by atoms with E-state index in [0.717, 1.165) is 0 Å². The van der Waals surface area contributed by atoms with Gasteiger partial charge in [-0.3, -0.25) is 0 Å². The van der Waals surface area contributed by atoms with Crippen LogP contribution in [0.2, 0.25) is 0 Å². The molecule has 1 rings (SSSR count). The van der Waals surface area contributed by atoms with Crippen molar-refractivity contribution in [2.45, 2.75) is 32.5 Å². The monoisotopic (exact) mass is 224 g/mol. The van der Waals surface area contributed by atoms with Crippen LogP contribution in [0.15, 0.2) is 35.6 Å². The molecule has 0 aromatic rings. The molecule has 0 saturated heterocycles. The van der Waals surface area contributed by atoms with Crippen molar-refractivity contribution in [2.24, 2.45) is 0 Å². The maximum absolute atomic E-state index is 11.2. The van der Waals surface area contributed by atoms with E-state index in [-0.39, 0.29) is 11.3 Å². The van der Waals surface area contributed by atoms with Gasteiger partial charge < -0.3 is 14.9 Å². The molecule has 0 unspecified atom stereocenters. The Balaban J connectivity index is 2.92. The van der Waals surface area contributed by atoms with Crippen LogP contribution in [0.4, 0.5) is 0 Å². The predicted octanol–water partition coefficient (Wildman–Crippen LogP) is 1.63. The lowest BCUT2D eigenvalue weighted by Crippen LogP contribution is -2.40. The third kappa shape index (κ3) is 2.02. The first-order valence-corrected chi connectivity index (χ1v) is 5.04. The maximum Gasteiger partial charge on any atom is 0.338 e. The third-order valence-corrected chi connectivity index (χ3v) is 2.60. The van der Waals surface area contributed by atoms with Gasteiger partial charge in [-0.25, -0.2) is 4.79 Å². The summed E-state index contributed by atoms with van der Waals surface area (Å²) >= 11 is 0. The van der Waals surface area contributed by atoms with E-state index in [9.17, 15) is 15.0 Å². The topological polar surface area (TPSA) is 66.8 Å². The molecule has 0 amide bonds. The van der Waals surface area contributed by atoms with Gasteiger partial charge in [0.15, 0.2) is 5.60 Å². The fourth-order valence-electron chi connectivity index (χ4n) is 1.45. The number of rotatable bonds is 3. The average Bonchev–Trinajstić information content (AvgIpc) is 2.44. The summed E-state index contributed by atoms with van der Waals surface area (Å²) < 4.78 is 4.98. The molecule has 1 aliphatic rings. The number of hydrogen-bond donors (Lipinski definition) is 2. The zero-order chi connectivity index (χ0) is 12.3. The molecule has 4 heteroatoms. The van der Waals surface area contributed by atoms with Crippen molar-refractivity contribution in [1.82, 2.24) is 0 Å². The normalized spacial score (nSPS) is 28.1. The molecule has 1 heterocycles. The quantitative estimate of drug-likeness (QED) is 0.564. The first-order valence-electron chi connectivity index (χ1n) is 5.04. The number of cyclic esters (lactones) is 1. The number of esters is 1. The minimum absolute atomic E-state index is 0.140. The van der Waals surface area contributed by atoms with E-state index in [1.807, 2.05) is 6.92 Å². The first-order chi connectivity index (χ1) is 7.43. The van der Waals surface area contributed by atoms with Gasteiger partial charge in [0.25, 0.3) is 0 Å². The molecule has 0 bridgehead atoms. The highest BCUT2D eigenvalue weighted by Crippen LogP contribution is 2.33. The van der Waals surface area contributed by atoms with Crippen LogP contribution in [0.3, 0.4) is 0 Å². The van der Waals surface area contributed by atoms with E-state index >= 15 is 0 Å². The van der Waals surface area contributed by atoms with Crippen LogP contribution in [0.1, 0.15) is 20.8 Å². The third-order valence-electron chi connectivity index (χ3n) is 2.60. The molecular formula is C12H16O4. The number of allylic oxidation sites excluding steroid dienone is 3. The lowest BCUT2D eigenvalue weighted by molar-refractivity contribution is -0.153. The Kier molecular flexibility index (Phi) is 3.55. The molecule has 0 aromatic heterocycles. The average molecular weight is 224 g/mol. The van der Waals surface area contributed by atoms with Gasteiger partial charge in [-0.05, 0) is 20.8 Å². The smallest absolute Gasteiger partial charge is 0.338 e. The Morgan fingerprint density at radius 2 is 2.06 bits per heavy atom. The molecule has 88 valence electrons. The fourth-order valence-corrected chi connectivity index (χ4v) is 1.45. The number of ether oxygens (including phenoxy) is 1. The second kappa shape index (κ2) is 4.53. The summed E-state index contributed by atoms with van der Waals surface area (Å²) in [4.78, 5) is 11.2. The van der Waals surface area contributed by atoms with E-state index in [1.54, 1.807) is 18.2 Å². The minimum atomic E-state index is -1.38. The van der Waals surface area contributed by atoms with Crippen LogP contribution < -0.4 is 0 Å². The molecule has 0 radical (unpaired) electrons. The molecule has 16 heavy (non-hydrogen) atoms. The highest BCUT2D eigenvalue weighted by atomic mass is 16.6. The highest BCUT2D eigenvalue weighted by molar-refractivity contribution is 5.91. The Bertz CT molecular complexity index is 378. The van der Waals surface area contributed by atoms with Crippen molar-refractivity contribution < 1.29 is 19.7 Å². The lowest BCUT2D eigenvalue weighted by Gasteiger charge is -2.26. The van der Waals surface area contributed by atoms with E-state index in [0.29, 0.717) is 0 Å². The largest absolute Gasteiger partial charge is 0.507 e. The van der Waals surface area contributed by atoms with Crippen LogP contribution in [0, 0.1) is 0 Å². The zero-order valence-electron chi connectivity index (χ0n) is 9.60. The van der Waals surface area contributed by atoms with E-state index in [4.69, 9.17) is 4.74 Å². The zero-order valence-corrected chi connectivity index (χ0v) is 9.60. The Morgan fingerprint density at radius 1 is 1.44 bits per heavy atom. The van der Waals surface area contributed by atoms with Crippen molar-refractivity contribution in [1.29, 1.82) is 0 Å². The van der Waals surface area contributed by atoms with Crippen LogP contribution in [-0.4, -0.2) is 27.9 Å². The van der Waals surface area contributed by atoms with Gasteiger partial charge in [0.05, 0.1) is 5.57 Å². The van der Waals surface area contributed by atoms with Gasteiger partial charge in [-0.15, -0.1) is 0 Å². The Labute approximate surface area is 94.5 Å². The van der Waals surface area contributed by atoms with E-state index < -0.39 is 17.7 Å². The molecule has 1 aliphatic heterocycles. The molecule has 0 aromatic carbocycles. The standard InChI is InChI=1S/C12H16O4/c1-4-5-6-7-9(13)12(3)10(14)8(2)11(15)16-12/h4-7,9,13-14H,1-3H3/b5-4+,7-6+/t9-,12-/m0/s1. The second-order valence-corrected chi connectivity index (χ2v) is 3.83. The van der Waals surface area contributed by atoms with Crippen LogP contribution in [0.5, 0.6) is 0 Å². The summed E-state index contributed by atoms with van der Waals surface area (Å²) in [6.45, 7) is 4.78. The summed E-state index contributed by atoms with van der Waals surface area (Å²) in [5.74, 6) is -0.811. The number of carbonyl (C=O) groups is 1. The van der Waals surface area contributed by atoms with E-state index in [1.165, 1.54) is 19.9 Å². The molecule has 2 N–H and O–H groups in total. The number of carbonyl (C=O) groups excluding carboxylic acids is 1. The summed E-state index contributed by atoms with van der Waals surface area (Å²) in [6.07, 6.45) is 5.54. The molecule has 4 nitrogen and oxygen atoms in total. The van der Waals surface area contributed by atoms with Gasteiger partial charge in [0, 0.05) is 0 Å². The fraction of sp³-hybridized carbons (Fsp3) is 0.417. The predicted molar refractivity (Wildman–Crippen MR) is 59.8 cm³/mol. The van der Waals surface area contributed by atoms with Crippen molar-refractivity contribution in [2.75, 3.05) is 0 Å². The van der Waals surface area contributed by atoms with E-state index in [2.05, 4.69) is 0 Å². The Morgan fingerprint density at radius 3 is 2.50 bits per heavy atom. The van der Waals surface area contributed by atoms with Crippen molar-refractivity contribution in [3.63, 3.8) is 0 Å². The van der Waals surface area contributed by atoms with Gasteiger partial charge in [-0.2, -0.15) is 0 Å². The van der Waals surface area contributed by atoms with Gasteiger partial charge in [-0.1, -0.05) is 24.3 Å². The Hall–Kier alpha value is -1.55. The summed E-state index contributed by atoms with van der Waals surface area (Å²) in [5.41, 5.74) is -1.24.